The zero-order chi connectivity index (χ0) is 19.7. The van der Waals surface area contributed by atoms with Gasteiger partial charge in [-0.2, -0.15) is 5.10 Å². The van der Waals surface area contributed by atoms with Gasteiger partial charge in [0.15, 0.2) is 5.82 Å². The minimum absolute atomic E-state index is 0.284. The summed E-state index contributed by atoms with van der Waals surface area (Å²) in [6, 6.07) is 8.77. The van der Waals surface area contributed by atoms with Crippen molar-refractivity contribution in [1.82, 2.24) is 30.0 Å². The van der Waals surface area contributed by atoms with Crippen molar-refractivity contribution in [2.75, 3.05) is 13.2 Å². The highest BCUT2D eigenvalue weighted by atomic mass is 16.5. The van der Waals surface area contributed by atoms with Gasteiger partial charge in [-0.05, 0) is 32.0 Å². The maximum Gasteiger partial charge on any atom is 0.328 e. The first-order valence-electron chi connectivity index (χ1n) is 9.29. The van der Waals surface area contributed by atoms with E-state index in [1.165, 1.54) is 0 Å². The molecule has 0 aliphatic carbocycles. The number of carbonyl (C=O) groups excluding carboxylic acids is 2. The number of hydrogen-bond donors (Lipinski definition) is 2. The summed E-state index contributed by atoms with van der Waals surface area (Å²) in [6.07, 6.45) is 0. The van der Waals surface area contributed by atoms with Crippen LogP contribution in [0.1, 0.15) is 19.5 Å². The van der Waals surface area contributed by atoms with E-state index in [1.54, 1.807) is 18.7 Å². The molecule has 3 aromatic rings. The van der Waals surface area contributed by atoms with E-state index in [4.69, 9.17) is 4.74 Å². The highest BCUT2D eigenvalue weighted by Gasteiger charge is 2.26. The molecule has 2 amide bonds. The summed E-state index contributed by atoms with van der Waals surface area (Å²) in [4.78, 5) is 33.7. The van der Waals surface area contributed by atoms with Gasteiger partial charge in [-0.15, -0.1) is 0 Å². The molecule has 9 heteroatoms. The van der Waals surface area contributed by atoms with Gasteiger partial charge in [0.05, 0.1) is 36.4 Å². The molecule has 1 aliphatic heterocycles. The topological polar surface area (TPSA) is 105 Å². The van der Waals surface area contributed by atoms with Crippen molar-refractivity contribution < 1.29 is 14.3 Å². The summed E-state index contributed by atoms with van der Waals surface area (Å²) in [5.74, 6) is 0.264. The molecule has 0 saturated carbocycles. The van der Waals surface area contributed by atoms with E-state index >= 15 is 0 Å². The van der Waals surface area contributed by atoms with Crippen LogP contribution < -0.4 is 5.32 Å². The highest BCUT2D eigenvalue weighted by molar-refractivity contribution is 5.83. The van der Waals surface area contributed by atoms with E-state index in [2.05, 4.69) is 20.4 Å². The van der Waals surface area contributed by atoms with Crippen molar-refractivity contribution >= 4 is 23.0 Å². The van der Waals surface area contributed by atoms with Crippen LogP contribution in [0.2, 0.25) is 0 Å². The molecular formula is C19H22N6O3. The van der Waals surface area contributed by atoms with E-state index in [0.717, 1.165) is 22.4 Å². The number of ether oxygens (including phenoxy) is 1. The second-order valence-electron chi connectivity index (χ2n) is 6.69. The number of carbonyl (C=O) groups is 2. The molecule has 1 aromatic carbocycles. The molecule has 2 N–H and O–H groups in total. The lowest BCUT2D eigenvalue weighted by molar-refractivity contribution is -0.144. The number of aromatic nitrogens is 4. The average molecular weight is 382 g/mol. The van der Waals surface area contributed by atoms with Gasteiger partial charge >= 0.3 is 12.0 Å². The smallest absolute Gasteiger partial charge is 0.328 e. The van der Waals surface area contributed by atoms with Crippen LogP contribution in [-0.2, 0) is 22.6 Å². The summed E-state index contributed by atoms with van der Waals surface area (Å²) < 4.78 is 6.82. The summed E-state index contributed by atoms with van der Waals surface area (Å²) in [5, 5.41) is 7.30. The molecule has 0 fully saturated rings. The second-order valence-corrected chi connectivity index (χ2v) is 6.69. The number of rotatable bonds is 4. The number of esters is 1. The zero-order valence-corrected chi connectivity index (χ0v) is 15.8. The number of fused-ring (bicyclic) bond motifs is 2. The molecule has 1 aliphatic rings. The Morgan fingerprint density at radius 3 is 2.93 bits per heavy atom. The normalized spacial score (nSPS) is 14.6. The molecule has 146 valence electrons. The van der Waals surface area contributed by atoms with Gasteiger partial charge in [-0.1, -0.05) is 12.1 Å². The predicted molar refractivity (Wildman–Crippen MR) is 102 cm³/mol. The standard InChI is InChI=1S/C19H22N6O3/c1-3-28-18(26)12(2)20-19(27)24-8-9-25-13(11-24)10-16(23-25)17-21-14-6-4-5-7-15(14)22-17/h4-7,10,12H,3,8-9,11H2,1-2H3,(H,20,27)(H,21,22). The number of amides is 2. The SMILES string of the molecule is CCOC(=O)C(C)NC(=O)N1CCn2nc(-c3nc4ccccc4[nH]3)cc2C1. The fraction of sp³-hybridized carbons (Fsp3) is 0.368. The summed E-state index contributed by atoms with van der Waals surface area (Å²) in [6.45, 7) is 5.13. The molecule has 0 saturated heterocycles. The lowest BCUT2D eigenvalue weighted by Gasteiger charge is -2.28. The first-order chi connectivity index (χ1) is 13.5. The Hall–Kier alpha value is -3.36. The number of hydrogen-bond acceptors (Lipinski definition) is 5. The van der Waals surface area contributed by atoms with Gasteiger partial charge in [-0.3, -0.25) is 4.68 Å². The van der Waals surface area contributed by atoms with Crippen LogP contribution >= 0.6 is 0 Å². The van der Waals surface area contributed by atoms with Gasteiger partial charge < -0.3 is 19.9 Å². The molecule has 1 atom stereocenters. The summed E-state index contributed by atoms with van der Waals surface area (Å²) in [7, 11) is 0. The first kappa shape index (κ1) is 18.0. The van der Waals surface area contributed by atoms with Gasteiger partial charge in [0.1, 0.15) is 11.7 Å². The number of para-hydroxylation sites is 2. The first-order valence-corrected chi connectivity index (χ1v) is 9.29. The minimum atomic E-state index is -0.689. The van der Waals surface area contributed by atoms with Crippen molar-refractivity contribution in [2.24, 2.45) is 0 Å². The largest absolute Gasteiger partial charge is 0.464 e. The Labute approximate surface area is 161 Å². The van der Waals surface area contributed by atoms with Gasteiger partial charge in [0, 0.05) is 6.54 Å². The molecule has 0 radical (unpaired) electrons. The molecule has 2 aromatic heterocycles. The van der Waals surface area contributed by atoms with Crippen LogP contribution in [0.3, 0.4) is 0 Å². The lowest BCUT2D eigenvalue weighted by atomic mass is 10.3. The van der Waals surface area contributed by atoms with Crippen LogP contribution in [0.5, 0.6) is 0 Å². The molecule has 3 heterocycles. The number of urea groups is 1. The van der Waals surface area contributed by atoms with E-state index < -0.39 is 12.0 Å². The maximum atomic E-state index is 12.5. The van der Waals surface area contributed by atoms with Crippen molar-refractivity contribution in [3.8, 4) is 11.5 Å². The number of H-pyrrole nitrogens is 1. The van der Waals surface area contributed by atoms with Crippen LogP contribution in [0.25, 0.3) is 22.6 Å². The van der Waals surface area contributed by atoms with Crippen LogP contribution in [0.15, 0.2) is 30.3 Å². The zero-order valence-electron chi connectivity index (χ0n) is 15.8. The van der Waals surface area contributed by atoms with Gasteiger partial charge in [0.2, 0.25) is 0 Å². The van der Waals surface area contributed by atoms with Gasteiger partial charge in [-0.25, -0.2) is 14.6 Å². The fourth-order valence-corrected chi connectivity index (χ4v) is 3.23. The quantitative estimate of drug-likeness (QED) is 0.671. The Bertz CT molecular complexity index is 991. The number of aromatic amines is 1. The van der Waals surface area contributed by atoms with Crippen molar-refractivity contribution in [2.45, 2.75) is 33.0 Å². The molecule has 28 heavy (non-hydrogen) atoms. The number of imidazole rings is 1. The highest BCUT2D eigenvalue weighted by Crippen LogP contribution is 2.22. The third kappa shape index (κ3) is 3.42. The van der Waals surface area contributed by atoms with Crippen molar-refractivity contribution in [1.29, 1.82) is 0 Å². The third-order valence-corrected chi connectivity index (χ3v) is 4.70. The predicted octanol–water partition coefficient (Wildman–Crippen LogP) is 1.90. The number of benzene rings is 1. The van der Waals surface area contributed by atoms with Crippen molar-refractivity contribution in [3.05, 3.63) is 36.0 Å². The van der Waals surface area contributed by atoms with E-state index in [1.807, 2.05) is 35.0 Å². The Balaban J connectivity index is 1.47. The Morgan fingerprint density at radius 2 is 2.14 bits per heavy atom. The van der Waals surface area contributed by atoms with Crippen LogP contribution in [0, 0.1) is 0 Å². The van der Waals surface area contributed by atoms with Gasteiger partial charge in [0.25, 0.3) is 0 Å². The van der Waals surface area contributed by atoms with E-state index in [-0.39, 0.29) is 12.6 Å². The molecule has 9 nitrogen and oxygen atoms in total. The Morgan fingerprint density at radius 1 is 1.32 bits per heavy atom. The Kier molecular flexibility index (Phi) is 4.72. The van der Waals surface area contributed by atoms with E-state index in [0.29, 0.717) is 25.5 Å². The van der Waals surface area contributed by atoms with E-state index in [9.17, 15) is 9.59 Å². The fourth-order valence-electron chi connectivity index (χ4n) is 3.23. The molecule has 0 spiro atoms. The van der Waals surface area contributed by atoms with Crippen LogP contribution in [0.4, 0.5) is 4.79 Å². The third-order valence-electron chi connectivity index (χ3n) is 4.70. The summed E-state index contributed by atoms with van der Waals surface area (Å²) >= 11 is 0. The number of nitrogens with zero attached hydrogens (tertiary/aromatic N) is 4. The molecule has 4 rings (SSSR count). The van der Waals surface area contributed by atoms with Crippen LogP contribution in [-0.4, -0.2) is 55.8 Å². The van der Waals surface area contributed by atoms with Crippen molar-refractivity contribution in [3.63, 3.8) is 0 Å². The second kappa shape index (κ2) is 7.34. The molecule has 0 bridgehead atoms. The maximum absolute atomic E-state index is 12.5. The lowest BCUT2D eigenvalue weighted by Crippen LogP contribution is -2.49. The monoisotopic (exact) mass is 382 g/mol. The summed E-state index contributed by atoms with van der Waals surface area (Å²) in [5.41, 5.74) is 3.50. The number of nitrogens with one attached hydrogen (secondary N) is 2. The minimum Gasteiger partial charge on any atom is -0.464 e. The average Bonchev–Trinajstić information content (AvgIpc) is 3.31. The molecular weight excluding hydrogens is 360 g/mol. The molecule has 1 unspecified atom stereocenters.